The number of halogens is 3. The van der Waals surface area contributed by atoms with Crippen LogP contribution in [0.1, 0.15) is 55.9 Å². The number of carbonyl (C=O) groups excluding carboxylic acids is 1. The third kappa shape index (κ3) is 5.15. The van der Waals surface area contributed by atoms with Gasteiger partial charge in [-0.3, -0.25) is 13.9 Å². The van der Waals surface area contributed by atoms with Crippen molar-refractivity contribution in [2.75, 3.05) is 29.5 Å². The van der Waals surface area contributed by atoms with E-state index in [9.17, 15) is 32.3 Å². The summed E-state index contributed by atoms with van der Waals surface area (Å²) >= 11 is 0. The topological polar surface area (TPSA) is 149 Å². The number of benzene rings is 1. The summed E-state index contributed by atoms with van der Waals surface area (Å²) in [7, 11) is -2.56. The quantitative estimate of drug-likeness (QED) is 0.287. The van der Waals surface area contributed by atoms with E-state index in [1.807, 2.05) is 29.2 Å². The van der Waals surface area contributed by atoms with Gasteiger partial charge in [-0.1, -0.05) is 31.0 Å². The number of aromatic nitrogens is 2. The van der Waals surface area contributed by atoms with Crippen LogP contribution in [0, 0.1) is 22.2 Å². The van der Waals surface area contributed by atoms with E-state index in [-0.39, 0.29) is 23.1 Å². The third-order valence-corrected chi connectivity index (χ3v) is 10.9. The van der Waals surface area contributed by atoms with E-state index in [0.29, 0.717) is 62.2 Å². The molecule has 43 heavy (non-hydrogen) atoms. The highest BCUT2D eigenvalue weighted by Crippen LogP contribution is 2.68. The molecule has 3 aliphatic rings. The number of carbonyl (C=O) groups is 1. The van der Waals surface area contributed by atoms with Gasteiger partial charge in [0, 0.05) is 30.3 Å². The van der Waals surface area contributed by atoms with Crippen LogP contribution in [-0.4, -0.2) is 49.6 Å². The number of primary amides is 1. The van der Waals surface area contributed by atoms with Crippen LogP contribution in [0.4, 0.5) is 18.9 Å². The van der Waals surface area contributed by atoms with Crippen molar-refractivity contribution in [2.24, 2.45) is 16.6 Å². The number of amides is 1. The SMILES string of the molecule is N#CC1(C2(C(N)=O)CCCCC2c2oc(-c3cccc(C(F)(F)F)n3)nc2-c2ccc(N3CCS(O)(O)CC3)cc2)CC1. The van der Waals surface area contributed by atoms with Crippen molar-refractivity contribution < 1.29 is 31.5 Å². The zero-order valence-corrected chi connectivity index (χ0v) is 24.1. The molecule has 0 spiro atoms. The van der Waals surface area contributed by atoms with E-state index in [2.05, 4.69) is 16.0 Å². The van der Waals surface area contributed by atoms with Crippen molar-refractivity contribution in [3.8, 4) is 28.9 Å². The lowest BCUT2D eigenvalue weighted by molar-refractivity contribution is -0.141. The van der Waals surface area contributed by atoms with Crippen LogP contribution in [0.25, 0.3) is 22.8 Å². The first-order valence-electron chi connectivity index (χ1n) is 14.2. The van der Waals surface area contributed by atoms with Crippen LogP contribution in [0.5, 0.6) is 0 Å². The first kappa shape index (κ1) is 29.5. The fourth-order valence-electron chi connectivity index (χ4n) is 6.83. The smallest absolute Gasteiger partial charge is 0.433 e. The monoisotopic (exact) mass is 615 g/mol. The number of pyridine rings is 1. The molecule has 6 rings (SSSR count). The standard InChI is InChI=1S/C30H32F3N5O4S/c31-30(32,33)23-6-3-5-22(36-23)26-37-24(19-7-9-20(10-8-19)38-14-16-43(40,41)17-15-38)25(42-26)21-4-1-2-11-29(21,27(35)39)28(18-34)12-13-28/h3,5-10,21,40-41H,1-2,4,11-17H2,(H2,35,39). The zero-order valence-electron chi connectivity index (χ0n) is 23.3. The Balaban J connectivity index is 1.46. The average Bonchev–Trinajstić information content (AvgIpc) is 3.68. The molecule has 2 saturated carbocycles. The summed E-state index contributed by atoms with van der Waals surface area (Å²) in [5.41, 5.74) is 4.62. The molecule has 1 amide bonds. The Hall–Kier alpha value is -3.60. The van der Waals surface area contributed by atoms with Gasteiger partial charge in [-0.2, -0.15) is 29.0 Å². The maximum atomic E-state index is 13.5. The summed E-state index contributed by atoms with van der Waals surface area (Å²) in [5.74, 6) is -0.417. The number of nitriles is 1. The zero-order chi connectivity index (χ0) is 30.6. The minimum absolute atomic E-state index is 0.104. The summed E-state index contributed by atoms with van der Waals surface area (Å²) in [6, 6.07) is 13.2. The Kier molecular flexibility index (Phi) is 7.22. The molecule has 2 atom stereocenters. The first-order chi connectivity index (χ1) is 20.4. The molecule has 1 aromatic carbocycles. The van der Waals surface area contributed by atoms with Gasteiger partial charge in [0.25, 0.3) is 0 Å². The van der Waals surface area contributed by atoms with E-state index in [4.69, 9.17) is 10.2 Å². The van der Waals surface area contributed by atoms with Gasteiger partial charge < -0.3 is 15.1 Å². The van der Waals surface area contributed by atoms with E-state index >= 15 is 0 Å². The van der Waals surface area contributed by atoms with Gasteiger partial charge in [0.15, 0.2) is 0 Å². The molecule has 2 aromatic heterocycles. The van der Waals surface area contributed by atoms with Crippen molar-refractivity contribution in [1.29, 1.82) is 5.26 Å². The second-order valence-corrected chi connectivity index (χ2v) is 14.1. The molecule has 3 fully saturated rings. The predicted octanol–water partition coefficient (Wildman–Crippen LogP) is 6.43. The van der Waals surface area contributed by atoms with Crippen molar-refractivity contribution in [2.45, 2.75) is 50.6 Å². The van der Waals surface area contributed by atoms with Gasteiger partial charge in [0.05, 0.1) is 28.4 Å². The molecule has 4 N–H and O–H groups in total. The maximum absolute atomic E-state index is 13.5. The number of hydrogen-bond acceptors (Lipinski definition) is 8. The highest BCUT2D eigenvalue weighted by atomic mass is 32.3. The lowest BCUT2D eigenvalue weighted by Crippen LogP contribution is -2.50. The largest absolute Gasteiger partial charge is 0.439 e. The first-order valence-corrected chi connectivity index (χ1v) is 16.1. The minimum Gasteiger partial charge on any atom is -0.439 e. The minimum atomic E-state index is -4.67. The number of rotatable bonds is 6. The number of hydrogen-bond donors (Lipinski definition) is 3. The summed E-state index contributed by atoms with van der Waals surface area (Å²) < 4.78 is 66.7. The average molecular weight is 616 g/mol. The van der Waals surface area contributed by atoms with E-state index < -0.39 is 45.1 Å². The number of nitrogens with zero attached hydrogens (tertiary/aromatic N) is 4. The highest BCUT2D eigenvalue weighted by molar-refractivity contribution is 8.24. The van der Waals surface area contributed by atoms with Crippen LogP contribution in [0.15, 0.2) is 46.9 Å². The molecule has 9 nitrogen and oxygen atoms in total. The van der Waals surface area contributed by atoms with E-state index in [1.54, 1.807) is 0 Å². The molecule has 0 bridgehead atoms. The number of anilines is 1. The highest BCUT2D eigenvalue weighted by Gasteiger charge is 2.67. The summed E-state index contributed by atoms with van der Waals surface area (Å²) in [4.78, 5) is 23.8. The summed E-state index contributed by atoms with van der Waals surface area (Å²) in [5, 5.41) is 10.2. The van der Waals surface area contributed by atoms with Gasteiger partial charge in [0.2, 0.25) is 11.8 Å². The Morgan fingerprint density at radius 1 is 1.07 bits per heavy atom. The van der Waals surface area contributed by atoms with Gasteiger partial charge in [-0.05, 0) is 49.9 Å². The van der Waals surface area contributed by atoms with E-state index in [1.165, 1.54) is 12.1 Å². The Bertz CT molecular complexity index is 1570. The van der Waals surface area contributed by atoms with Crippen LogP contribution < -0.4 is 10.6 Å². The molecule has 0 radical (unpaired) electrons. The molecule has 2 unspecified atom stereocenters. The van der Waals surface area contributed by atoms with Gasteiger partial charge in [-0.25, -0.2) is 9.97 Å². The van der Waals surface area contributed by atoms with Crippen LogP contribution >= 0.6 is 10.6 Å². The van der Waals surface area contributed by atoms with Crippen molar-refractivity contribution in [3.05, 3.63) is 53.9 Å². The van der Waals surface area contributed by atoms with Gasteiger partial charge >= 0.3 is 6.18 Å². The number of nitrogens with two attached hydrogens (primary N) is 1. The molecule has 3 aromatic rings. The number of oxazole rings is 1. The Labute approximate surface area is 248 Å². The fourth-order valence-corrected chi connectivity index (χ4v) is 8.05. The second-order valence-electron chi connectivity index (χ2n) is 11.7. The lowest BCUT2D eigenvalue weighted by Gasteiger charge is -2.44. The van der Waals surface area contributed by atoms with Gasteiger partial charge in [-0.15, -0.1) is 0 Å². The fraction of sp³-hybridized carbons (Fsp3) is 0.467. The van der Waals surface area contributed by atoms with E-state index in [0.717, 1.165) is 18.2 Å². The summed E-state index contributed by atoms with van der Waals surface area (Å²) in [6.07, 6.45) is -1.23. The van der Waals surface area contributed by atoms with Crippen LogP contribution in [0.3, 0.4) is 0 Å². The molecule has 1 saturated heterocycles. The molecular formula is C30H32F3N5O4S. The third-order valence-electron chi connectivity index (χ3n) is 9.28. The van der Waals surface area contributed by atoms with Crippen molar-refractivity contribution in [3.63, 3.8) is 0 Å². The molecular weight excluding hydrogens is 583 g/mol. The molecule has 228 valence electrons. The molecule has 3 heterocycles. The maximum Gasteiger partial charge on any atom is 0.433 e. The normalized spacial score (nSPS) is 25.5. The lowest BCUT2D eigenvalue weighted by atomic mass is 9.56. The summed E-state index contributed by atoms with van der Waals surface area (Å²) in [6.45, 7) is 0.976. The predicted molar refractivity (Wildman–Crippen MR) is 155 cm³/mol. The van der Waals surface area contributed by atoms with Crippen molar-refractivity contribution >= 4 is 22.2 Å². The molecule has 2 aliphatic carbocycles. The molecule has 13 heteroatoms. The Morgan fingerprint density at radius 3 is 2.37 bits per heavy atom. The second kappa shape index (κ2) is 10.5. The van der Waals surface area contributed by atoms with Crippen LogP contribution in [-0.2, 0) is 11.0 Å². The Morgan fingerprint density at radius 2 is 1.77 bits per heavy atom. The van der Waals surface area contributed by atoms with Crippen LogP contribution in [0.2, 0.25) is 0 Å². The van der Waals surface area contributed by atoms with Gasteiger partial charge in [0.1, 0.15) is 22.8 Å². The van der Waals surface area contributed by atoms with Crippen molar-refractivity contribution in [1.82, 2.24) is 9.97 Å². The number of alkyl halides is 3. The molecule has 1 aliphatic heterocycles.